The molecule has 0 spiro atoms. The number of nitro groups is 1. The van der Waals surface area contributed by atoms with E-state index in [4.69, 9.17) is 10.00 Å². The smallest absolute Gasteiger partial charge is 0.326 e. The second kappa shape index (κ2) is 7.85. The number of nitro benzene ring substituents is 1. The topological polar surface area (TPSA) is 131 Å². The quantitative estimate of drug-likeness (QED) is 0.395. The molecule has 1 unspecified atom stereocenters. The summed E-state index contributed by atoms with van der Waals surface area (Å²) in [4.78, 5) is 27.0. The Morgan fingerprint density at radius 2 is 2.07 bits per heavy atom. The Morgan fingerprint density at radius 1 is 1.36 bits per heavy atom. The van der Waals surface area contributed by atoms with Crippen molar-refractivity contribution >= 4 is 22.7 Å². The van der Waals surface area contributed by atoms with E-state index < -0.39 is 17.0 Å². The van der Waals surface area contributed by atoms with E-state index in [1.807, 2.05) is 6.07 Å². The third-order valence-corrected chi connectivity index (χ3v) is 4.16. The lowest BCUT2D eigenvalue weighted by molar-refractivity contribution is -0.384. The number of benzene rings is 2. The van der Waals surface area contributed by atoms with Crippen molar-refractivity contribution < 1.29 is 19.6 Å². The minimum Gasteiger partial charge on any atom is -0.465 e. The Kier molecular flexibility index (Phi) is 5.33. The predicted molar refractivity (Wildman–Crippen MR) is 98.2 cm³/mol. The van der Waals surface area contributed by atoms with E-state index in [9.17, 15) is 20.0 Å². The first-order valence-corrected chi connectivity index (χ1v) is 8.43. The largest absolute Gasteiger partial charge is 0.465 e. The van der Waals surface area contributed by atoms with Crippen LogP contribution in [0.3, 0.4) is 0 Å². The van der Waals surface area contributed by atoms with Gasteiger partial charge in [0.05, 0.1) is 34.2 Å². The monoisotopic (exact) mass is 380 g/mol. The van der Waals surface area contributed by atoms with Crippen LogP contribution in [0.2, 0.25) is 0 Å². The molecule has 2 aromatic carbocycles. The summed E-state index contributed by atoms with van der Waals surface area (Å²) in [6.07, 6.45) is -1.20. The Hall–Kier alpha value is -3.77. The molecule has 0 amide bonds. The third-order valence-electron chi connectivity index (χ3n) is 4.16. The van der Waals surface area contributed by atoms with E-state index >= 15 is 0 Å². The van der Waals surface area contributed by atoms with E-state index in [1.165, 1.54) is 22.8 Å². The summed E-state index contributed by atoms with van der Waals surface area (Å²) >= 11 is 0. The molecule has 1 N–H and O–H groups in total. The number of nitriles is 1. The van der Waals surface area contributed by atoms with Crippen LogP contribution in [-0.2, 0) is 16.1 Å². The fourth-order valence-corrected chi connectivity index (χ4v) is 2.84. The van der Waals surface area contributed by atoms with Crippen molar-refractivity contribution in [3.8, 4) is 6.07 Å². The van der Waals surface area contributed by atoms with Crippen molar-refractivity contribution in [1.82, 2.24) is 9.55 Å². The number of nitrogens with zero attached hydrogens (tertiary/aromatic N) is 4. The number of aromatic nitrogens is 2. The summed E-state index contributed by atoms with van der Waals surface area (Å²) in [5.74, 6) is -0.408. The van der Waals surface area contributed by atoms with Crippen LogP contribution in [0.4, 0.5) is 5.69 Å². The highest BCUT2D eigenvalue weighted by Gasteiger charge is 2.23. The average molecular weight is 380 g/mol. The lowest BCUT2D eigenvalue weighted by Gasteiger charge is -2.14. The van der Waals surface area contributed by atoms with Gasteiger partial charge in [-0.1, -0.05) is 12.1 Å². The molecule has 28 heavy (non-hydrogen) atoms. The zero-order valence-electron chi connectivity index (χ0n) is 14.9. The number of non-ortho nitro benzene ring substituents is 1. The van der Waals surface area contributed by atoms with Crippen molar-refractivity contribution in [2.75, 3.05) is 6.61 Å². The summed E-state index contributed by atoms with van der Waals surface area (Å²) < 4.78 is 6.38. The molecular weight excluding hydrogens is 364 g/mol. The maximum Gasteiger partial charge on any atom is 0.326 e. The first-order valence-electron chi connectivity index (χ1n) is 8.43. The molecular formula is C19H16N4O5. The van der Waals surface area contributed by atoms with Gasteiger partial charge in [0.2, 0.25) is 0 Å². The number of ether oxygens (including phenoxy) is 1. The Balaban J connectivity index is 2.12. The van der Waals surface area contributed by atoms with Gasteiger partial charge in [0.25, 0.3) is 5.69 Å². The number of rotatable bonds is 6. The fraction of sp³-hybridized carbons (Fsp3) is 0.211. The van der Waals surface area contributed by atoms with Gasteiger partial charge in [-0.3, -0.25) is 14.9 Å². The van der Waals surface area contributed by atoms with E-state index in [0.29, 0.717) is 22.2 Å². The highest BCUT2D eigenvalue weighted by molar-refractivity contribution is 5.81. The number of fused-ring (bicyclic) bond motifs is 1. The maximum atomic E-state index is 12.0. The Labute approximate surface area is 159 Å². The van der Waals surface area contributed by atoms with Gasteiger partial charge in [-0.2, -0.15) is 5.26 Å². The summed E-state index contributed by atoms with van der Waals surface area (Å²) in [6.45, 7) is 1.59. The summed E-state index contributed by atoms with van der Waals surface area (Å²) in [5, 5.41) is 30.8. The molecule has 0 saturated carbocycles. The van der Waals surface area contributed by atoms with Gasteiger partial charge < -0.3 is 14.4 Å². The lowest BCUT2D eigenvalue weighted by Crippen LogP contribution is -2.18. The number of esters is 1. The number of aliphatic hydroxyl groups is 1. The van der Waals surface area contributed by atoms with E-state index in [0.717, 1.165) is 0 Å². The fourth-order valence-electron chi connectivity index (χ4n) is 2.84. The zero-order valence-corrected chi connectivity index (χ0v) is 14.9. The van der Waals surface area contributed by atoms with Gasteiger partial charge in [-0.05, 0) is 30.7 Å². The predicted octanol–water partition coefficient (Wildman–Crippen LogP) is 2.46. The molecule has 3 aromatic rings. The molecule has 1 heterocycles. The van der Waals surface area contributed by atoms with Crippen LogP contribution >= 0.6 is 0 Å². The highest BCUT2D eigenvalue weighted by atomic mass is 16.6. The SMILES string of the molecule is CCOC(=O)Cn1c(C(O)c2ccc(C#N)cc2)nc2ccc([N+](=O)[O-])cc21. The summed E-state index contributed by atoms with van der Waals surface area (Å²) in [5.41, 5.74) is 1.49. The van der Waals surface area contributed by atoms with Crippen LogP contribution in [0.15, 0.2) is 42.5 Å². The second-order valence-electron chi connectivity index (χ2n) is 5.93. The van der Waals surface area contributed by atoms with Gasteiger partial charge in [-0.25, -0.2) is 4.98 Å². The van der Waals surface area contributed by atoms with Gasteiger partial charge >= 0.3 is 5.97 Å². The minimum atomic E-state index is -1.20. The summed E-state index contributed by atoms with van der Waals surface area (Å²) in [7, 11) is 0. The highest BCUT2D eigenvalue weighted by Crippen LogP contribution is 2.28. The van der Waals surface area contributed by atoms with Crippen LogP contribution in [0.5, 0.6) is 0 Å². The molecule has 0 bridgehead atoms. The van der Waals surface area contributed by atoms with Crippen molar-refractivity contribution in [2.24, 2.45) is 0 Å². The lowest BCUT2D eigenvalue weighted by atomic mass is 10.1. The van der Waals surface area contributed by atoms with Crippen LogP contribution in [0, 0.1) is 21.4 Å². The number of aliphatic hydroxyl groups excluding tert-OH is 1. The molecule has 1 aromatic heterocycles. The molecule has 9 nitrogen and oxygen atoms in total. The molecule has 9 heteroatoms. The minimum absolute atomic E-state index is 0.147. The van der Waals surface area contributed by atoms with Crippen LogP contribution in [-0.4, -0.2) is 32.2 Å². The van der Waals surface area contributed by atoms with Gasteiger partial charge in [0.15, 0.2) is 0 Å². The molecule has 1 atom stereocenters. The molecule has 142 valence electrons. The van der Waals surface area contributed by atoms with Gasteiger partial charge in [0.1, 0.15) is 18.5 Å². The number of hydrogen-bond donors (Lipinski definition) is 1. The zero-order chi connectivity index (χ0) is 20.3. The molecule has 0 aliphatic heterocycles. The first kappa shape index (κ1) is 19.0. The van der Waals surface area contributed by atoms with Crippen molar-refractivity contribution in [3.63, 3.8) is 0 Å². The third kappa shape index (κ3) is 3.67. The molecule has 0 radical (unpaired) electrons. The molecule has 0 fully saturated rings. The first-order chi connectivity index (χ1) is 13.4. The number of hydrogen-bond acceptors (Lipinski definition) is 7. The van der Waals surface area contributed by atoms with Crippen LogP contribution < -0.4 is 0 Å². The molecule has 0 aliphatic carbocycles. The maximum absolute atomic E-state index is 12.0. The standard InChI is InChI=1S/C19H16N4O5/c1-2-28-17(24)11-22-16-9-14(23(26)27)7-8-15(16)21-19(22)18(25)13-5-3-12(10-20)4-6-13/h3-9,18,25H,2,11H2,1H3. The van der Waals surface area contributed by atoms with Gasteiger partial charge in [0, 0.05) is 12.1 Å². The average Bonchev–Trinajstić information content (AvgIpc) is 3.05. The molecule has 0 saturated heterocycles. The van der Waals surface area contributed by atoms with Crippen molar-refractivity contribution in [3.05, 3.63) is 69.5 Å². The van der Waals surface area contributed by atoms with E-state index in [-0.39, 0.29) is 24.7 Å². The van der Waals surface area contributed by atoms with Crippen molar-refractivity contribution in [2.45, 2.75) is 19.6 Å². The van der Waals surface area contributed by atoms with Gasteiger partial charge in [-0.15, -0.1) is 0 Å². The van der Waals surface area contributed by atoms with E-state index in [1.54, 1.807) is 31.2 Å². The normalized spacial score (nSPS) is 11.8. The van der Waals surface area contributed by atoms with Crippen LogP contribution in [0.25, 0.3) is 11.0 Å². The number of imidazole rings is 1. The molecule has 0 aliphatic rings. The Morgan fingerprint density at radius 3 is 2.68 bits per heavy atom. The van der Waals surface area contributed by atoms with Crippen molar-refractivity contribution in [1.29, 1.82) is 5.26 Å². The Bertz CT molecular complexity index is 1080. The van der Waals surface area contributed by atoms with E-state index in [2.05, 4.69) is 4.98 Å². The van der Waals surface area contributed by atoms with Crippen LogP contribution in [0.1, 0.15) is 30.0 Å². The summed E-state index contributed by atoms with van der Waals surface area (Å²) in [6, 6.07) is 12.3. The number of carbonyl (C=O) groups is 1. The second-order valence-corrected chi connectivity index (χ2v) is 5.93. The molecule has 3 rings (SSSR count). The number of carbonyl (C=O) groups excluding carboxylic acids is 1.